The molecular formula is C23H27ClN4O2. The molecule has 0 aliphatic heterocycles. The third-order valence-corrected chi connectivity index (χ3v) is 5.31. The van der Waals surface area contributed by atoms with E-state index >= 15 is 0 Å². The summed E-state index contributed by atoms with van der Waals surface area (Å²) in [5.41, 5.74) is 1.01. The number of hydrogen-bond donors (Lipinski definition) is 1. The molecule has 1 heterocycles. The monoisotopic (exact) mass is 426 g/mol. The zero-order valence-electron chi connectivity index (χ0n) is 17.7. The van der Waals surface area contributed by atoms with Crippen LogP contribution in [0.25, 0.3) is 10.8 Å². The minimum absolute atomic E-state index is 0.101. The van der Waals surface area contributed by atoms with Crippen molar-refractivity contribution in [3.63, 3.8) is 0 Å². The maximum Gasteiger partial charge on any atom is 0.274 e. The predicted octanol–water partition coefficient (Wildman–Crippen LogP) is 3.74. The second-order valence-electron chi connectivity index (χ2n) is 7.99. The molecule has 0 radical (unpaired) electrons. The van der Waals surface area contributed by atoms with E-state index in [4.69, 9.17) is 11.6 Å². The smallest absolute Gasteiger partial charge is 0.274 e. The van der Waals surface area contributed by atoms with Crippen LogP contribution in [0.2, 0.25) is 5.02 Å². The van der Waals surface area contributed by atoms with E-state index in [9.17, 15) is 9.59 Å². The predicted molar refractivity (Wildman–Crippen MR) is 121 cm³/mol. The highest BCUT2D eigenvalue weighted by Crippen LogP contribution is 2.25. The van der Waals surface area contributed by atoms with Gasteiger partial charge >= 0.3 is 0 Å². The van der Waals surface area contributed by atoms with E-state index in [1.54, 1.807) is 24.3 Å². The van der Waals surface area contributed by atoms with Gasteiger partial charge in [-0.2, -0.15) is 5.10 Å². The number of nitrogens with zero attached hydrogens (tertiary/aromatic N) is 3. The van der Waals surface area contributed by atoms with Crippen LogP contribution in [0.5, 0.6) is 0 Å². The minimum Gasteiger partial charge on any atom is -0.349 e. The van der Waals surface area contributed by atoms with Crippen molar-refractivity contribution in [1.29, 1.82) is 0 Å². The number of amides is 1. The highest BCUT2D eigenvalue weighted by Gasteiger charge is 2.21. The molecule has 7 heteroatoms. The Balaban J connectivity index is 1.93. The van der Waals surface area contributed by atoms with Crippen molar-refractivity contribution >= 4 is 28.3 Å². The molecule has 1 atom stereocenters. The Labute approximate surface area is 181 Å². The molecule has 0 aliphatic carbocycles. The molecule has 1 N–H and O–H groups in total. The average molecular weight is 427 g/mol. The van der Waals surface area contributed by atoms with Crippen LogP contribution in [0.4, 0.5) is 0 Å². The summed E-state index contributed by atoms with van der Waals surface area (Å²) in [6.07, 6.45) is 0. The van der Waals surface area contributed by atoms with E-state index in [2.05, 4.69) is 10.4 Å². The third-order valence-electron chi connectivity index (χ3n) is 4.96. The molecule has 6 nitrogen and oxygen atoms in total. The summed E-state index contributed by atoms with van der Waals surface area (Å²) in [5, 5.41) is 9.09. The number of halogens is 1. The fourth-order valence-corrected chi connectivity index (χ4v) is 3.72. The van der Waals surface area contributed by atoms with Crippen molar-refractivity contribution in [2.24, 2.45) is 5.92 Å². The molecule has 0 saturated carbocycles. The van der Waals surface area contributed by atoms with Gasteiger partial charge in [0.2, 0.25) is 0 Å². The summed E-state index contributed by atoms with van der Waals surface area (Å²) in [4.78, 5) is 27.9. The Morgan fingerprint density at radius 3 is 2.37 bits per heavy atom. The molecule has 3 aromatic rings. The van der Waals surface area contributed by atoms with Crippen molar-refractivity contribution in [2.75, 3.05) is 20.6 Å². The first-order chi connectivity index (χ1) is 14.3. The first kappa shape index (κ1) is 22.0. The fourth-order valence-electron chi connectivity index (χ4n) is 3.46. The van der Waals surface area contributed by atoms with E-state index < -0.39 is 0 Å². The third kappa shape index (κ3) is 4.71. The molecule has 0 fully saturated rings. The summed E-state index contributed by atoms with van der Waals surface area (Å²) < 4.78 is 1.39. The maximum absolute atomic E-state index is 13.1. The number of aromatic nitrogens is 2. The van der Waals surface area contributed by atoms with Crippen LogP contribution in [-0.2, 0) is 6.54 Å². The maximum atomic E-state index is 13.1. The van der Waals surface area contributed by atoms with Gasteiger partial charge in [0.05, 0.1) is 11.4 Å². The molecule has 3 rings (SSSR count). The lowest BCUT2D eigenvalue weighted by atomic mass is 10.1. The van der Waals surface area contributed by atoms with Crippen LogP contribution in [-0.4, -0.2) is 41.2 Å². The Morgan fingerprint density at radius 2 is 1.73 bits per heavy atom. The van der Waals surface area contributed by atoms with Crippen molar-refractivity contribution in [2.45, 2.75) is 26.4 Å². The van der Waals surface area contributed by atoms with Crippen LogP contribution >= 0.6 is 11.6 Å². The number of carbonyl (C=O) groups excluding carboxylic acids is 1. The van der Waals surface area contributed by atoms with Gasteiger partial charge in [-0.3, -0.25) is 9.59 Å². The normalized spacial score (nSPS) is 12.5. The van der Waals surface area contributed by atoms with Gasteiger partial charge in [-0.1, -0.05) is 61.8 Å². The molecule has 0 aliphatic rings. The van der Waals surface area contributed by atoms with E-state index in [0.717, 1.165) is 5.56 Å². The second kappa shape index (κ2) is 9.41. The van der Waals surface area contributed by atoms with E-state index in [1.165, 1.54) is 4.68 Å². The lowest BCUT2D eigenvalue weighted by Crippen LogP contribution is -2.36. The molecule has 2 aromatic carbocycles. The Bertz CT molecular complexity index is 1110. The van der Waals surface area contributed by atoms with Gasteiger partial charge in [0.15, 0.2) is 5.69 Å². The summed E-state index contributed by atoms with van der Waals surface area (Å²) in [6, 6.07) is 14.6. The van der Waals surface area contributed by atoms with Gasteiger partial charge in [-0.15, -0.1) is 0 Å². The number of carbonyl (C=O) groups is 1. The lowest BCUT2D eigenvalue weighted by molar-refractivity contribution is 0.0936. The van der Waals surface area contributed by atoms with Gasteiger partial charge < -0.3 is 10.2 Å². The number of nitrogens with one attached hydrogen (secondary N) is 1. The van der Waals surface area contributed by atoms with Crippen LogP contribution in [0, 0.1) is 5.92 Å². The summed E-state index contributed by atoms with van der Waals surface area (Å²) >= 11 is 6.37. The SMILES string of the molecule is CC(C)Cn1nc(C(=O)NCC(c2ccccc2Cl)N(C)C)c2ccccc2c1=O. The van der Waals surface area contributed by atoms with E-state index in [-0.39, 0.29) is 29.1 Å². The molecule has 30 heavy (non-hydrogen) atoms. The number of benzene rings is 2. The van der Waals surface area contributed by atoms with Gasteiger partial charge in [0.1, 0.15) is 0 Å². The number of rotatable bonds is 7. The van der Waals surface area contributed by atoms with Crippen molar-refractivity contribution in [1.82, 2.24) is 20.0 Å². The van der Waals surface area contributed by atoms with Crippen LogP contribution in [0.3, 0.4) is 0 Å². The molecule has 1 unspecified atom stereocenters. The molecule has 0 bridgehead atoms. The first-order valence-electron chi connectivity index (χ1n) is 9.98. The van der Waals surface area contributed by atoms with Crippen molar-refractivity contribution in [3.05, 3.63) is 75.2 Å². The van der Waals surface area contributed by atoms with Crippen molar-refractivity contribution in [3.8, 4) is 0 Å². The summed E-state index contributed by atoms with van der Waals surface area (Å²) in [6.45, 7) is 4.82. The molecular weight excluding hydrogens is 400 g/mol. The largest absolute Gasteiger partial charge is 0.349 e. The van der Waals surface area contributed by atoms with Crippen LogP contribution in [0.15, 0.2) is 53.3 Å². The van der Waals surface area contributed by atoms with E-state index in [0.29, 0.717) is 28.9 Å². The molecule has 0 saturated heterocycles. The Kier molecular flexibility index (Phi) is 6.90. The van der Waals surface area contributed by atoms with Gasteiger partial charge in [0, 0.05) is 23.5 Å². The Hall–Kier alpha value is -2.70. The summed E-state index contributed by atoms with van der Waals surface area (Å²) in [5.74, 6) is -0.0896. The van der Waals surface area contributed by atoms with E-state index in [1.807, 2.05) is 57.1 Å². The highest BCUT2D eigenvalue weighted by atomic mass is 35.5. The first-order valence-corrected chi connectivity index (χ1v) is 10.4. The van der Waals surface area contributed by atoms with Crippen LogP contribution in [0.1, 0.15) is 35.9 Å². The average Bonchev–Trinajstić information content (AvgIpc) is 2.71. The van der Waals surface area contributed by atoms with Gasteiger partial charge in [0.25, 0.3) is 11.5 Å². The van der Waals surface area contributed by atoms with Crippen molar-refractivity contribution < 1.29 is 4.79 Å². The molecule has 0 spiro atoms. The summed E-state index contributed by atoms with van der Waals surface area (Å²) in [7, 11) is 3.88. The molecule has 1 amide bonds. The minimum atomic E-state index is -0.317. The molecule has 1 aromatic heterocycles. The highest BCUT2D eigenvalue weighted by molar-refractivity contribution is 6.31. The van der Waals surface area contributed by atoms with Crippen LogP contribution < -0.4 is 10.9 Å². The fraction of sp³-hybridized carbons (Fsp3) is 0.348. The van der Waals surface area contributed by atoms with Gasteiger partial charge in [-0.05, 0) is 37.7 Å². The standard InChI is InChI=1S/C23H27ClN4O2/c1-15(2)14-28-23(30)17-10-6-5-9-16(17)21(26-28)22(29)25-13-20(27(3)4)18-11-7-8-12-19(18)24/h5-12,15,20H,13-14H2,1-4H3,(H,25,29). The molecule has 158 valence electrons. The topological polar surface area (TPSA) is 67.2 Å². The zero-order valence-corrected chi connectivity index (χ0v) is 18.5. The lowest BCUT2D eigenvalue weighted by Gasteiger charge is -2.26. The number of hydrogen-bond acceptors (Lipinski definition) is 4. The van der Waals surface area contributed by atoms with Gasteiger partial charge in [-0.25, -0.2) is 4.68 Å². The number of likely N-dealkylation sites (N-methyl/N-ethyl adjacent to an activating group) is 1. The zero-order chi connectivity index (χ0) is 21.8. The second-order valence-corrected chi connectivity index (χ2v) is 8.39. The number of fused-ring (bicyclic) bond motifs is 1. The Morgan fingerprint density at radius 1 is 1.10 bits per heavy atom. The quantitative estimate of drug-likeness (QED) is 0.625.